The van der Waals surface area contributed by atoms with Crippen molar-refractivity contribution in [3.8, 4) is 0 Å². The molecule has 0 fully saturated rings. The molecule has 3 nitrogen and oxygen atoms in total. The standard InChI is InChI=1S/C31H50FN3/c1-11-17-21-30(15-5)26(13-3)29(24(9)31(30,33)20-12-2)25(10)35-28(19-18-22(7)32)23(8)27(14-4)34-16-6/h13,16,18-19,22,24,35H,3,6,10-12,14-15,17,20-21,33H2,1-2,4-5,7-9H3/b19-18-,28-23-,34-27+. The summed E-state index contributed by atoms with van der Waals surface area (Å²) in [6.07, 6.45) is 12.8. The van der Waals surface area contributed by atoms with E-state index in [0.29, 0.717) is 0 Å². The minimum absolute atomic E-state index is 0.102. The number of nitrogens with one attached hydrogen (secondary N) is 1. The summed E-state index contributed by atoms with van der Waals surface area (Å²) in [7, 11) is 0. The lowest BCUT2D eigenvalue weighted by Crippen LogP contribution is -2.56. The molecule has 4 unspecified atom stereocenters. The third-order valence-corrected chi connectivity index (χ3v) is 7.89. The van der Waals surface area contributed by atoms with Crippen LogP contribution in [-0.4, -0.2) is 17.4 Å². The number of alkyl halides is 1. The third kappa shape index (κ3) is 6.33. The average molecular weight is 484 g/mol. The van der Waals surface area contributed by atoms with Crippen molar-refractivity contribution in [2.45, 2.75) is 105 Å². The molecular weight excluding hydrogens is 433 g/mol. The predicted molar refractivity (Wildman–Crippen MR) is 153 cm³/mol. The van der Waals surface area contributed by atoms with Crippen LogP contribution in [0.2, 0.25) is 0 Å². The molecule has 0 heterocycles. The number of allylic oxidation sites excluding steroid dienone is 5. The van der Waals surface area contributed by atoms with Crippen LogP contribution in [0.15, 0.2) is 77.3 Å². The van der Waals surface area contributed by atoms with Crippen LogP contribution in [0, 0.1) is 11.3 Å². The molecule has 0 aromatic carbocycles. The number of hydrogen-bond acceptors (Lipinski definition) is 3. The second-order valence-corrected chi connectivity index (χ2v) is 9.87. The van der Waals surface area contributed by atoms with E-state index in [9.17, 15) is 4.39 Å². The molecule has 1 rings (SSSR count). The number of hydrogen-bond donors (Lipinski definition) is 2. The maximum Gasteiger partial charge on any atom is 0.116 e. The zero-order valence-electron chi connectivity index (χ0n) is 23.4. The largest absolute Gasteiger partial charge is 0.356 e. The van der Waals surface area contributed by atoms with E-state index in [0.717, 1.165) is 73.2 Å². The van der Waals surface area contributed by atoms with Gasteiger partial charge in [-0.05, 0) is 68.4 Å². The van der Waals surface area contributed by atoms with Crippen molar-refractivity contribution in [2.24, 2.45) is 22.1 Å². The van der Waals surface area contributed by atoms with Gasteiger partial charge in [-0.3, -0.25) is 4.99 Å². The van der Waals surface area contributed by atoms with Gasteiger partial charge in [-0.25, -0.2) is 4.39 Å². The van der Waals surface area contributed by atoms with Crippen molar-refractivity contribution >= 4 is 5.71 Å². The summed E-state index contributed by atoms with van der Waals surface area (Å²) in [5.74, 6) is 0.102. The lowest BCUT2D eigenvalue weighted by Gasteiger charge is -2.48. The zero-order chi connectivity index (χ0) is 26.8. The number of unbranched alkanes of at least 4 members (excludes halogenated alkanes) is 1. The molecule has 0 saturated carbocycles. The summed E-state index contributed by atoms with van der Waals surface area (Å²) in [5, 5.41) is 3.54. The Bertz CT molecular complexity index is 889. The Morgan fingerprint density at radius 2 is 1.86 bits per heavy atom. The van der Waals surface area contributed by atoms with Crippen LogP contribution in [0.5, 0.6) is 0 Å². The van der Waals surface area contributed by atoms with E-state index in [2.05, 4.69) is 57.7 Å². The molecule has 0 aromatic rings. The summed E-state index contributed by atoms with van der Waals surface area (Å²) in [5.41, 5.74) is 12.6. The third-order valence-electron chi connectivity index (χ3n) is 7.89. The first-order valence-corrected chi connectivity index (χ1v) is 13.4. The predicted octanol–water partition coefficient (Wildman–Crippen LogP) is 8.49. The highest BCUT2D eigenvalue weighted by Gasteiger charge is 2.58. The van der Waals surface area contributed by atoms with Crippen molar-refractivity contribution in [3.63, 3.8) is 0 Å². The van der Waals surface area contributed by atoms with Crippen molar-refractivity contribution in [1.29, 1.82) is 0 Å². The maximum atomic E-state index is 13.8. The van der Waals surface area contributed by atoms with Gasteiger partial charge in [0.2, 0.25) is 0 Å². The fraction of sp³-hybridized carbons (Fsp3) is 0.581. The molecule has 4 heteroatoms. The Morgan fingerprint density at radius 3 is 2.31 bits per heavy atom. The maximum absolute atomic E-state index is 13.8. The van der Waals surface area contributed by atoms with Crippen LogP contribution in [0.3, 0.4) is 0 Å². The van der Waals surface area contributed by atoms with Gasteiger partial charge in [-0.1, -0.05) is 79.7 Å². The fourth-order valence-electron chi connectivity index (χ4n) is 5.99. The number of nitrogens with zero attached hydrogens (tertiary/aromatic N) is 1. The van der Waals surface area contributed by atoms with Gasteiger partial charge >= 0.3 is 0 Å². The molecule has 196 valence electrons. The quantitative estimate of drug-likeness (QED) is 0.181. The van der Waals surface area contributed by atoms with E-state index < -0.39 is 6.17 Å². The van der Waals surface area contributed by atoms with E-state index >= 15 is 0 Å². The number of halogens is 1. The van der Waals surface area contributed by atoms with Crippen molar-refractivity contribution < 1.29 is 4.39 Å². The summed E-state index contributed by atoms with van der Waals surface area (Å²) in [4.78, 5) is 4.44. The summed E-state index contributed by atoms with van der Waals surface area (Å²) < 4.78 is 13.8. The summed E-state index contributed by atoms with van der Waals surface area (Å²) in [6.45, 7) is 26.9. The molecule has 1 aliphatic carbocycles. The van der Waals surface area contributed by atoms with Gasteiger partial charge in [0.25, 0.3) is 0 Å². The first-order chi connectivity index (χ1) is 16.5. The van der Waals surface area contributed by atoms with Crippen molar-refractivity contribution in [3.05, 3.63) is 72.3 Å². The Kier molecular flexibility index (Phi) is 12.1. The molecular formula is C31H50FN3. The molecule has 0 saturated heterocycles. The number of aliphatic imine (C=N–C) groups is 1. The highest BCUT2D eigenvalue weighted by atomic mass is 19.1. The summed E-state index contributed by atoms with van der Waals surface area (Å²) in [6, 6.07) is 0. The van der Waals surface area contributed by atoms with Gasteiger partial charge in [-0.15, -0.1) is 0 Å². The molecule has 35 heavy (non-hydrogen) atoms. The topological polar surface area (TPSA) is 50.4 Å². The number of nitrogens with two attached hydrogens (primary N) is 1. The van der Waals surface area contributed by atoms with E-state index in [4.69, 9.17) is 5.73 Å². The van der Waals surface area contributed by atoms with Crippen LogP contribution in [0.4, 0.5) is 4.39 Å². The Balaban J connectivity index is 3.73. The molecule has 3 N–H and O–H groups in total. The second-order valence-electron chi connectivity index (χ2n) is 9.87. The van der Waals surface area contributed by atoms with Crippen LogP contribution >= 0.6 is 0 Å². The van der Waals surface area contributed by atoms with Crippen LogP contribution in [0.25, 0.3) is 0 Å². The van der Waals surface area contributed by atoms with Crippen LogP contribution in [0.1, 0.15) is 93.4 Å². The molecule has 0 bridgehead atoms. The normalized spacial score (nSPS) is 26.7. The molecule has 4 atom stereocenters. The lowest BCUT2D eigenvalue weighted by molar-refractivity contribution is 0.117. The second kappa shape index (κ2) is 13.8. The highest BCUT2D eigenvalue weighted by Crippen LogP contribution is 2.59. The summed E-state index contributed by atoms with van der Waals surface area (Å²) >= 11 is 0. The smallest absolute Gasteiger partial charge is 0.116 e. The minimum atomic E-state index is -1.06. The Morgan fingerprint density at radius 1 is 1.20 bits per heavy atom. The average Bonchev–Trinajstić information content (AvgIpc) is 3.01. The molecule has 0 aliphatic heterocycles. The Hall–Kier alpha value is -2.20. The van der Waals surface area contributed by atoms with Crippen LogP contribution in [-0.2, 0) is 0 Å². The Labute approximate surface area is 214 Å². The zero-order valence-corrected chi connectivity index (χ0v) is 23.4. The highest BCUT2D eigenvalue weighted by molar-refractivity contribution is 6.00. The van der Waals surface area contributed by atoms with Gasteiger partial charge in [0.15, 0.2) is 0 Å². The molecule has 0 spiro atoms. The molecule has 0 aromatic heterocycles. The van der Waals surface area contributed by atoms with Gasteiger partial charge in [-0.2, -0.15) is 0 Å². The van der Waals surface area contributed by atoms with Gasteiger partial charge < -0.3 is 11.1 Å². The van der Waals surface area contributed by atoms with E-state index in [1.165, 1.54) is 12.5 Å². The first kappa shape index (κ1) is 30.8. The van der Waals surface area contributed by atoms with Gasteiger partial charge in [0, 0.05) is 40.2 Å². The lowest BCUT2D eigenvalue weighted by atomic mass is 9.60. The SMILES string of the molecule is C=C/N=C(CC)/C(C)=C(/C=C\C(C)F)NC(=C)C1=C(C=C)C(CC)(CCCC)C(N)(CCC)C1C. The molecule has 0 amide bonds. The monoisotopic (exact) mass is 483 g/mol. The van der Waals surface area contributed by atoms with E-state index in [1.54, 1.807) is 18.4 Å². The van der Waals surface area contributed by atoms with E-state index in [1.807, 2.05) is 19.9 Å². The molecule has 0 radical (unpaired) electrons. The van der Waals surface area contributed by atoms with Gasteiger partial charge in [0.1, 0.15) is 6.17 Å². The molecule has 1 aliphatic rings. The number of rotatable bonds is 15. The van der Waals surface area contributed by atoms with Gasteiger partial charge in [0.05, 0.1) is 0 Å². The van der Waals surface area contributed by atoms with Crippen molar-refractivity contribution in [1.82, 2.24) is 5.32 Å². The fourth-order valence-corrected chi connectivity index (χ4v) is 5.99. The van der Waals surface area contributed by atoms with Crippen molar-refractivity contribution in [2.75, 3.05) is 0 Å². The first-order valence-electron chi connectivity index (χ1n) is 13.4. The van der Waals surface area contributed by atoms with E-state index in [-0.39, 0.29) is 16.9 Å². The minimum Gasteiger partial charge on any atom is -0.356 e. The van der Waals surface area contributed by atoms with Crippen LogP contribution < -0.4 is 11.1 Å².